The molecule has 3 aliphatic rings. The van der Waals surface area contributed by atoms with E-state index in [9.17, 15) is 0 Å². The van der Waals surface area contributed by atoms with Crippen molar-refractivity contribution in [1.82, 2.24) is 9.80 Å². The Bertz CT molecular complexity index is 361. The first-order valence-corrected chi connectivity index (χ1v) is 7.83. The Morgan fingerprint density at radius 3 is 2.79 bits per heavy atom. The molecule has 19 heavy (non-hydrogen) atoms. The summed E-state index contributed by atoms with van der Waals surface area (Å²) in [5.41, 5.74) is 6.43. The van der Waals surface area contributed by atoms with E-state index < -0.39 is 0 Å². The van der Waals surface area contributed by atoms with Gasteiger partial charge in [0.15, 0.2) is 5.96 Å². The number of rotatable bonds is 4. The van der Waals surface area contributed by atoms with Gasteiger partial charge >= 0.3 is 0 Å². The third kappa shape index (κ3) is 2.60. The first-order valence-electron chi connectivity index (χ1n) is 7.83. The lowest BCUT2D eigenvalue weighted by molar-refractivity contribution is 0.0943. The van der Waals surface area contributed by atoms with Gasteiger partial charge in [-0.05, 0) is 51.6 Å². The fourth-order valence-electron chi connectivity index (χ4n) is 4.04. The molecule has 4 heteroatoms. The van der Waals surface area contributed by atoms with Crippen LogP contribution in [0.15, 0.2) is 4.99 Å². The van der Waals surface area contributed by atoms with Crippen molar-refractivity contribution in [2.24, 2.45) is 22.6 Å². The summed E-state index contributed by atoms with van der Waals surface area (Å²) in [5.74, 6) is 2.75. The van der Waals surface area contributed by atoms with Crippen molar-refractivity contribution < 1.29 is 0 Å². The Labute approximate surface area is 117 Å². The summed E-state index contributed by atoms with van der Waals surface area (Å²) in [4.78, 5) is 9.26. The highest BCUT2D eigenvalue weighted by molar-refractivity contribution is 5.81. The van der Waals surface area contributed by atoms with Crippen LogP contribution in [0.2, 0.25) is 0 Å². The van der Waals surface area contributed by atoms with E-state index in [0.29, 0.717) is 0 Å². The minimum atomic E-state index is 0.269. The van der Waals surface area contributed by atoms with Crippen LogP contribution in [0.4, 0.5) is 0 Å². The molecule has 4 nitrogen and oxygen atoms in total. The van der Waals surface area contributed by atoms with Crippen LogP contribution in [0, 0.1) is 11.8 Å². The Kier molecular flexibility index (Phi) is 3.46. The third-order valence-corrected chi connectivity index (χ3v) is 5.30. The van der Waals surface area contributed by atoms with Crippen LogP contribution in [0.1, 0.15) is 38.5 Å². The van der Waals surface area contributed by atoms with E-state index in [0.717, 1.165) is 37.4 Å². The third-order valence-electron chi connectivity index (χ3n) is 5.30. The topological polar surface area (TPSA) is 44.9 Å². The fourth-order valence-corrected chi connectivity index (χ4v) is 4.04. The Hall–Kier alpha value is -0.770. The van der Waals surface area contributed by atoms with E-state index in [-0.39, 0.29) is 5.54 Å². The molecule has 1 heterocycles. The molecular formula is C15H28N4. The second-order valence-corrected chi connectivity index (χ2v) is 7.05. The van der Waals surface area contributed by atoms with Gasteiger partial charge in [0.1, 0.15) is 0 Å². The van der Waals surface area contributed by atoms with Crippen molar-refractivity contribution in [3.63, 3.8) is 0 Å². The van der Waals surface area contributed by atoms with Gasteiger partial charge in [0.2, 0.25) is 0 Å². The summed E-state index contributed by atoms with van der Waals surface area (Å²) >= 11 is 0. The summed E-state index contributed by atoms with van der Waals surface area (Å²) < 4.78 is 0. The van der Waals surface area contributed by atoms with Gasteiger partial charge in [0, 0.05) is 13.1 Å². The van der Waals surface area contributed by atoms with Crippen LogP contribution in [-0.4, -0.2) is 55.0 Å². The maximum Gasteiger partial charge on any atom is 0.191 e. The van der Waals surface area contributed by atoms with Crippen molar-refractivity contribution in [2.45, 2.75) is 44.1 Å². The molecule has 2 saturated carbocycles. The van der Waals surface area contributed by atoms with Crippen molar-refractivity contribution in [3.8, 4) is 0 Å². The first kappa shape index (κ1) is 13.2. The van der Waals surface area contributed by atoms with Crippen LogP contribution >= 0.6 is 0 Å². The monoisotopic (exact) mass is 264 g/mol. The molecule has 0 aromatic heterocycles. The van der Waals surface area contributed by atoms with Gasteiger partial charge in [-0.25, -0.2) is 0 Å². The van der Waals surface area contributed by atoms with Gasteiger partial charge in [-0.3, -0.25) is 4.99 Å². The summed E-state index contributed by atoms with van der Waals surface area (Å²) in [6.45, 7) is 3.03. The highest BCUT2D eigenvalue weighted by Crippen LogP contribution is 2.49. The van der Waals surface area contributed by atoms with E-state index in [2.05, 4.69) is 28.9 Å². The highest BCUT2D eigenvalue weighted by Gasteiger charge is 2.48. The molecule has 2 aliphatic carbocycles. The maximum atomic E-state index is 6.17. The molecule has 1 aliphatic heterocycles. The summed E-state index contributed by atoms with van der Waals surface area (Å²) in [6, 6.07) is 0. The van der Waals surface area contributed by atoms with Gasteiger partial charge in [0.25, 0.3) is 0 Å². The van der Waals surface area contributed by atoms with E-state index >= 15 is 0 Å². The van der Waals surface area contributed by atoms with E-state index in [1.165, 1.54) is 38.5 Å². The summed E-state index contributed by atoms with van der Waals surface area (Å²) in [7, 11) is 4.26. The van der Waals surface area contributed by atoms with Crippen molar-refractivity contribution in [3.05, 3.63) is 0 Å². The SMILES string of the molecule is CN(C)CCN1C(N)=NCC12CCCC(C1CC1)C2. The lowest BCUT2D eigenvalue weighted by atomic mass is 9.73. The van der Waals surface area contributed by atoms with Crippen molar-refractivity contribution >= 4 is 5.96 Å². The molecule has 2 N–H and O–H groups in total. The lowest BCUT2D eigenvalue weighted by Gasteiger charge is -2.45. The quantitative estimate of drug-likeness (QED) is 0.837. The van der Waals surface area contributed by atoms with Crippen LogP contribution in [0.25, 0.3) is 0 Å². The number of likely N-dealkylation sites (N-methyl/N-ethyl adjacent to an activating group) is 1. The van der Waals surface area contributed by atoms with E-state index in [4.69, 9.17) is 5.73 Å². The molecule has 1 spiro atoms. The van der Waals surface area contributed by atoms with Crippen molar-refractivity contribution in [2.75, 3.05) is 33.7 Å². The zero-order valence-electron chi connectivity index (χ0n) is 12.4. The molecule has 2 fully saturated rings. The van der Waals surface area contributed by atoms with Gasteiger partial charge < -0.3 is 15.5 Å². The zero-order chi connectivity index (χ0) is 13.5. The largest absolute Gasteiger partial charge is 0.370 e. The molecule has 2 atom stereocenters. The molecule has 0 amide bonds. The molecule has 3 rings (SSSR count). The molecule has 0 radical (unpaired) electrons. The zero-order valence-corrected chi connectivity index (χ0v) is 12.4. The lowest BCUT2D eigenvalue weighted by Crippen LogP contribution is -2.55. The number of aliphatic imine (C=N–C) groups is 1. The average molecular weight is 264 g/mol. The number of nitrogens with two attached hydrogens (primary N) is 1. The van der Waals surface area contributed by atoms with Crippen LogP contribution < -0.4 is 5.73 Å². The second kappa shape index (κ2) is 4.97. The number of hydrogen-bond donors (Lipinski definition) is 1. The minimum absolute atomic E-state index is 0.269. The van der Waals surface area contributed by atoms with Crippen molar-refractivity contribution in [1.29, 1.82) is 0 Å². The predicted molar refractivity (Wildman–Crippen MR) is 79.2 cm³/mol. The standard InChI is InChI=1S/C15H28N4/c1-18(2)8-9-19-14(16)17-11-15(19)7-3-4-13(10-15)12-5-6-12/h12-13H,3-11H2,1-2H3,(H2,16,17). The van der Waals surface area contributed by atoms with Crippen LogP contribution in [0.5, 0.6) is 0 Å². The second-order valence-electron chi connectivity index (χ2n) is 7.05. The van der Waals surface area contributed by atoms with E-state index in [1.54, 1.807) is 0 Å². The van der Waals surface area contributed by atoms with E-state index in [1.807, 2.05) is 0 Å². The molecule has 0 aromatic carbocycles. The smallest absolute Gasteiger partial charge is 0.191 e. The Morgan fingerprint density at radius 2 is 2.11 bits per heavy atom. The van der Waals surface area contributed by atoms with Crippen LogP contribution in [0.3, 0.4) is 0 Å². The van der Waals surface area contributed by atoms with Gasteiger partial charge in [0.05, 0.1) is 12.1 Å². The van der Waals surface area contributed by atoms with Crippen LogP contribution in [-0.2, 0) is 0 Å². The molecule has 108 valence electrons. The maximum absolute atomic E-state index is 6.17. The predicted octanol–water partition coefficient (Wildman–Crippen LogP) is 1.52. The first-order chi connectivity index (χ1) is 9.11. The normalized spacial score (nSPS) is 35.2. The minimum Gasteiger partial charge on any atom is -0.370 e. The molecule has 0 saturated heterocycles. The molecular weight excluding hydrogens is 236 g/mol. The Balaban J connectivity index is 1.69. The Morgan fingerprint density at radius 1 is 1.32 bits per heavy atom. The average Bonchev–Trinajstić information content (AvgIpc) is 3.17. The van der Waals surface area contributed by atoms with Gasteiger partial charge in [-0.1, -0.05) is 12.8 Å². The number of nitrogens with zero attached hydrogens (tertiary/aromatic N) is 3. The van der Waals surface area contributed by atoms with Gasteiger partial charge in [-0.15, -0.1) is 0 Å². The van der Waals surface area contributed by atoms with Gasteiger partial charge in [-0.2, -0.15) is 0 Å². The molecule has 0 bridgehead atoms. The summed E-state index contributed by atoms with van der Waals surface area (Å²) in [5, 5.41) is 0. The summed E-state index contributed by atoms with van der Waals surface area (Å²) in [6.07, 6.45) is 8.35. The molecule has 2 unspecified atom stereocenters. The number of hydrogen-bond acceptors (Lipinski definition) is 4. The molecule has 0 aromatic rings. The number of guanidine groups is 1. The highest BCUT2D eigenvalue weighted by atomic mass is 15.4. The fraction of sp³-hybridized carbons (Fsp3) is 0.933.